The molecule has 1 aromatic heterocycles. The van der Waals surface area contributed by atoms with Crippen molar-refractivity contribution < 1.29 is 9.90 Å². The Hall–Kier alpha value is -1.79. The van der Waals surface area contributed by atoms with Crippen LogP contribution in [0.2, 0.25) is 0 Å². The molecule has 3 rings (SSSR count). The van der Waals surface area contributed by atoms with Crippen molar-refractivity contribution >= 4 is 21.8 Å². The summed E-state index contributed by atoms with van der Waals surface area (Å²) in [6, 6.07) is 9.14. The minimum Gasteiger partial charge on any atom is -0.381 e. The zero-order chi connectivity index (χ0) is 15.0. The number of aliphatic hydroxyl groups is 1. The molecule has 6 heteroatoms. The number of hydrogen-bond donors (Lipinski definition) is 1. The zero-order valence-corrected chi connectivity index (χ0v) is 13.0. The Morgan fingerprint density at radius 2 is 1.95 bits per heavy atom. The maximum Gasteiger partial charge on any atom is 0.272 e. The molecule has 1 fully saturated rings. The molecule has 0 saturated carbocycles. The number of β-amino-alcohol motifs (C(OH)–C–C–N with tert-alkyl or cyclic N) is 1. The van der Waals surface area contributed by atoms with E-state index in [9.17, 15) is 9.90 Å². The molecular formula is C15H14BrN3O2. The van der Waals surface area contributed by atoms with Crippen LogP contribution in [-0.2, 0) is 5.60 Å². The number of hydrogen-bond acceptors (Lipinski definition) is 4. The topological polar surface area (TPSA) is 66.3 Å². The average molecular weight is 348 g/mol. The highest BCUT2D eigenvalue weighted by atomic mass is 79.9. The van der Waals surface area contributed by atoms with E-state index in [1.807, 2.05) is 31.2 Å². The molecule has 0 atom stereocenters. The molecular weight excluding hydrogens is 334 g/mol. The van der Waals surface area contributed by atoms with Gasteiger partial charge in [0.05, 0.1) is 13.1 Å². The Morgan fingerprint density at radius 1 is 1.29 bits per heavy atom. The second-order valence-corrected chi connectivity index (χ2v) is 6.16. The van der Waals surface area contributed by atoms with Gasteiger partial charge in [0.15, 0.2) is 0 Å². The summed E-state index contributed by atoms with van der Waals surface area (Å²) < 4.78 is 0.957. The molecule has 0 aliphatic carbocycles. The van der Waals surface area contributed by atoms with Gasteiger partial charge in [-0.15, -0.1) is 0 Å². The summed E-state index contributed by atoms with van der Waals surface area (Å²) in [5, 5.41) is 10.6. The lowest BCUT2D eigenvalue weighted by Gasteiger charge is -2.46. The van der Waals surface area contributed by atoms with Crippen LogP contribution in [0.1, 0.15) is 21.7 Å². The van der Waals surface area contributed by atoms with Crippen LogP contribution in [0, 0.1) is 6.92 Å². The number of carbonyl (C=O) groups is 1. The van der Waals surface area contributed by atoms with Gasteiger partial charge in [0.1, 0.15) is 17.6 Å². The van der Waals surface area contributed by atoms with Gasteiger partial charge in [0.2, 0.25) is 0 Å². The van der Waals surface area contributed by atoms with Crippen molar-refractivity contribution in [3.63, 3.8) is 0 Å². The van der Waals surface area contributed by atoms with Crippen LogP contribution in [0.25, 0.3) is 0 Å². The van der Waals surface area contributed by atoms with E-state index in [1.165, 1.54) is 6.33 Å². The minimum atomic E-state index is -0.974. The predicted octanol–water partition coefficient (Wildman–Crippen LogP) is 1.89. The van der Waals surface area contributed by atoms with Gasteiger partial charge in [-0.3, -0.25) is 4.79 Å². The lowest BCUT2D eigenvalue weighted by Crippen LogP contribution is -2.61. The first-order valence-electron chi connectivity index (χ1n) is 6.54. The van der Waals surface area contributed by atoms with Gasteiger partial charge < -0.3 is 10.0 Å². The van der Waals surface area contributed by atoms with Crippen LogP contribution >= 0.6 is 15.9 Å². The summed E-state index contributed by atoms with van der Waals surface area (Å²) in [6.45, 7) is 2.36. The lowest BCUT2D eigenvalue weighted by atomic mass is 9.86. The van der Waals surface area contributed by atoms with E-state index in [-0.39, 0.29) is 19.0 Å². The van der Waals surface area contributed by atoms with E-state index in [2.05, 4.69) is 25.9 Å². The number of nitrogens with zero attached hydrogens (tertiary/aromatic N) is 3. The predicted molar refractivity (Wildman–Crippen MR) is 80.7 cm³/mol. The summed E-state index contributed by atoms with van der Waals surface area (Å²) in [5.41, 5.74) is 0.948. The molecule has 108 valence electrons. The van der Waals surface area contributed by atoms with Crippen molar-refractivity contribution in [2.24, 2.45) is 0 Å². The summed E-state index contributed by atoms with van der Waals surface area (Å²) in [6.07, 6.45) is 1.38. The van der Waals surface area contributed by atoms with Crippen molar-refractivity contribution in [2.45, 2.75) is 12.5 Å². The third kappa shape index (κ3) is 2.69. The first-order valence-corrected chi connectivity index (χ1v) is 7.34. The Labute approximate surface area is 130 Å². The Morgan fingerprint density at radius 3 is 2.57 bits per heavy atom. The molecule has 0 unspecified atom stereocenters. The molecule has 5 nitrogen and oxygen atoms in total. The Balaban J connectivity index is 1.72. The molecule has 1 N–H and O–H groups in total. The summed E-state index contributed by atoms with van der Waals surface area (Å²) in [5.74, 6) is -0.178. The molecule has 1 amide bonds. The van der Waals surface area contributed by atoms with Gasteiger partial charge in [-0.2, -0.15) is 0 Å². The highest BCUT2D eigenvalue weighted by Crippen LogP contribution is 2.33. The van der Waals surface area contributed by atoms with Gasteiger partial charge >= 0.3 is 0 Å². The third-order valence-corrected chi connectivity index (χ3v) is 4.13. The van der Waals surface area contributed by atoms with Gasteiger partial charge in [0.25, 0.3) is 5.91 Å². The molecule has 0 spiro atoms. The fraction of sp³-hybridized carbons (Fsp3) is 0.267. The van der Waals surface area contributed by atoms with E-state index < -0.39 is 5.60 Å². The first-order chi connectivity index (χ1) is 9.98. The fourth-order valence-corrected chi connectivity index (χ4v) is 2.67. The molecule has 0 radical (unpaired) electrons. The molecule has 1 aliphatic heterocycles. The van der Waals surface area contributed by atoms with Crippen LogP contribution in [-0.4, -0.2) is 39.0 Å². The molecule has 1 saturated heterocycles. The number of rotatable bonds is 2. The quantitative estimate of drug-likeness (QED) is 0.900. The van der Waals surface area contributed by atoms with Crippen molar-refractivity contribution in [1.29, 1.82) is 0 Å². The Bertz CT molecular complexity index is 682. The molecule has 0 bridgehead atoms. The maximum atomic E-state index is 12.3. The highest BCUT2D eigenvalue weighted by molar-refractivity contribution is 9.10. The summed E-state index contributed by atoms with van der Waals surface area (Å²) in [4.78, 5) is 21.8. The van der Waals surface area contributed by atoms with E-state index in [0.717, 1.165) is 15.7 Å². The van der Waals surface area contributed by atoms with Crippen LogP contribution in [0.4, 0.5) is 0 Å². The Kier molecular flexibility index (Phi) is 3.51. The fourth-order valence-electron chi connectivity index (χ4n) is 2.40. The number of likely N-dealkylation sites (tertiary alicyclic amines) is 1. The first kappa shape index (κ1) is 14.2. The van der Waals surface area contributed by atoms with Gasteiger partial charge in [-0.1, -0.05) is 28.1 Å². The standard InChI is InChI=1S/C15H14BrN3O2/c1-10-6-13(18-9-17-10)14(20)19-7-15(21,8-19)11-2-4-12(16)5-3-11/h2-6,9,21H,7-8H2,1H3. The molecule has 21 heavy (non-hydrogen) atoms. The van der Waals surface area contributed by atoms with Crippen molar-refractivity contribution in [3.05, 3.63) is 58.1 Å². The normalized spacial score (nSPS) is 16.4. The SMILES string of the molecule is Cc1cc(C(=O)N2CC(O)(c3ccc(Br)cc3)C2)ncn1. The van der Waals surface area contributed by atoms with Crippen LogP contribution in [0.3, 0.4) is 0 Å². The number of aryl methyl sites for hydroxylation is 1. The van der Waals surface area contributed by atoms with Gasteiger partial charge in [-0.25, -0.2) is 9.97 Å². The summed E-state index contributed by atoms with van der Waals surface area (Å²) in [7, 11) is 0. The highest BCUT2D eigenvalue weighted by Gasteiger charge is 2.45. The lowest BCUT2D eigenvalue weighted by molar-refractivity contribution is -0.0865. The molecule has 2 aromatic rings. The third-order valence-electron chi connectivity index (χ3n) is 3.60. The minimum absolute atomic E-state index is 0.178. The summed E-state index contributed by atoms with van der Waals surface area (Å²) >= 11 is 3.36. The second-order valence-electron chi connectivity index (χ2n) is 5.24. The van der Waals surface area contributed by atoms with Crippen LogP contribution in [0.15, 0.2) is 41.1 Å². The van der Waals surface area contributed by atoms with Crippen molar-refractivity contribution in [3.8, 4) is 0 Å². The van der Waals surface area contributed by atoms with E-state index >= 15 is 0 Å². The molecule has 1 aliphatic rings. The second kappa shape index (κ2) is 5.20. The zero-order valence-electron chi connectivity index (χ0n) is 11.5. The van der Waals surface area contributed by atoms with E-state index in [0.29, 0.717) is 5.69 Å². The molecule has 2 heterocycles. The number of carbonyl (C=O) groups excluding carboxylic acids is 1. The maximum absolute atomic E-state index is 12.3. The van der Waals surface area contributed by atoms with Crippen molar-refractivity contribution in [2.75, 3.05) is 13.1 Å². The van der Waals surface area contributed by atoms with Crippen LogP contribution in [0.5, 0.6) is 0 Å². The number of halogens is 1. The van der Waals surface area contributed by atoms with Gasteiger partial charge in [-0.05, 0) is 30.7 Å². The van der Waals surface area contributed by atoms with Crippen molar-refractivity contribution in [1.82, 2.24) is 14.9 Å². The number of amides is 1. The van der Waals surface area contributed by atoms with E-state index in [4.69, 9.17) is 0 Å². The smallest absolute Gasteiger partial charge is 0.272 e. The molecule has 1 aromatic carbocycles. The number of aromatic nitrogens is 2. The largest absolute Gasteiger partial charge is 0.381 e. The van der Waals surface area contributed by atoms with E-state index in [1.54, 1.807) is 11.0 Å². The van der Waals surface area contributed by atoms with Gasteiger partial charge in [0, 0.05) is 10.2 Å². The average Bonchev–Trinajstić information content (AvgIpc) is 2.44. The number of benzene rings is 1. The van der Waals surface area contributed by atoms with Crippen LogP contribution < -0.4 is 0 Å². The monoisotopic (exact) mass is 347 g/mol.